The van der Waals surface area contributed by atoms with Gasteiger partial charge in [0.1, 0.15) is 23.7 Å². The minimum Gasteiger partial charge on any atom is -0.497 e. The smallest absolute Gasteiger partial charge is 0.407 e. The monoisotopic (exact) mass is 629 g/mol. The molecule has 0 aliphatic carbocycles. The predicted molar refractivity (Wildman–Crippen MR) is 175 cm³/mol. The molecular formula is C37H43NO8. The summed E-state index contributed by atoms with van der Waals surface area (Å²) in [7, 11) is 3.31. The molecule has 0 unspecified atom stereocenters. The molecule has 0 aliphatic rings. The number of ether oxygens (including phenoxy) is 7. The molecule has 0 spiro atoms. The quantitative estimate of drug-likeness (QED) is 0.0942. The summed E-state index contributed by atoms with van der Waals surface area (Å²) in [6.45, 7) is 3.35. The molecule has 9 heteroatoms. The molecule has 0 radical (unpaired) electrons. The lowest BCUT2D eigenvalue weighted by Gasteiger charge is -2.36. The summed E-state index contributed by atoms with van der Waals surface area (Å²) >= 11 is 0. The molecule has 4 aromatic carbocycles. The zero-order chi connectivity index (χ0) is 32.3. The van der Waals surface area contributed by atoms with Crippen LogP contribution in [-0.2, 0) is 35.9 Å². The molecule has 4 rings (SSSR count). The van der Waals surface area contributed by atoms with Gasteiger partial charge in [0.2, 0.25) is 0 Å². The van der Waals surface area contributed by atoms with Crippen molar-refractivity contribution in [1.29, 1.82) is 0 Å². The van der Waals surface area contributed by atoms with Gasteiger partial charge >= 0.3 is 6.09 Å². The first-order chi connectivity index (χ1) is 22.7. The van der Waals surface area contributed by atoms with Crippen LogP contribution in [0.25, 0.3) is 0 Å². The van der Waals surface area contributed by atoms with Gasteiger partial charge in [-0.2, -0.15) is 0 Å². The van der Waals surface area contributed by atoms with Crippen molar-refractivity contribution >= 4 is 6.09 Å². The van der Waals surface area contributed by atoms with Crippen LogP contribution in [0.2, 0.25) is 0 Å². The van der Waals surface area contributed by atoms with E-state index in [2.05, 4.69) is 17.4 Å². The van der Waals surface area contributed by atoms with Crippen molar-refractivity contribution in [1.82, 2.24) is 5.32 Å². The van der Waals surface area contributed by atoms with Crippen molar-refractivity contribution in [2.24, 2.45) is 0 Å². The molecule has 0 fully saturated rings. The van der Waals surface area contributed by atoms with Gasteiger partial charge in [0.25, 0.3) is 0 Å². The Morgan fingerprint density at radius 2 is 1.02 bits per heavy atom. The number of rotatable bonds is 20. The molecule has 0 bridgehead atoms. The number of alkyl carbamates (subject to hydrolysis) is 1. The van der Waals surface area contributed by atoms with Crippen LogP contribution in [-0.4, -0.2) is 73.1 Å². The van der Waals surface area contributed by atoms with Gasteiger partial charge in [0, 0.05) is 6.54 Å². The van der Waals surface area contributed by atoms with E-state index in [1.54, 1.807) is 14.2 Å². The molecule has 9 nitrogen and oxygen atoms in total. The van der Waals surface area contributed by atoms with Crippen molar-refractivity contribution in [2.45, 2.75) is 12.2 Å². The van der Waals surface area contributed by atoms with Crippen LogP contribution in [0, 0.1) is 0 Å². The second-order valence-electron chi connectivity index (χ2n) is 10.2. The lowest BCUT2D eigenvalue weighted by molar-refractivity contribution is -0.0367. The van der Waals surface area contributed by atoms with E-state index in [1.807, 2.05) is 97.1 Å². The molecule has 0 atom stereocenters. The Kier molecular flexibility index (Phi) is 14.4. The number of methoxy groups -OCH3 is 2. The number of hydrogen-bond donors (Lipinski definition) is 1. The lowest BCUT2D eigenvalue weighted by Crippen LogP contribution is -2.34. The fourth-order valence-electron chi connectivity index (χ4n) is 4.87. The van der Waals surface area contributed by atoms with Gasteiger partial charge < -0.3 is 38.5 Å². The highest BCUT2D eigenvalue weighted by Crippen LogP contribution is 2.41. The van der Waals surface area contributed by atoms with E-state index < -0.39 is 11.7 Å². The van der Waals surface area contributed by atoms with Crippen LogP contribution in [0.15, 0.2) is 109 Å². The van der Waals surface area contributed by atoms with Crippen molar-refractivity contribution in [3.63, 3.8) is 0 Å². The molecule has 1 amide bonds. The molecule has 4 aromatic rings. The SMILES string of the molecule is COc1ccc(C(OCCOCCOCCOCCNC(=O)OCc2ccccc2)(c2ccccc2)c2ccc(OC)cc2)cc1. The summed E-state index contributed by atoms with van der Waals surface area (Å²) in [4.78, 5) is 11.8. The molecule has 244 valence electrons. The van der Waals surface area contributed by atoms with Gasteiger partial charge in [-0.3, -0.25) is 0 Å². The van der Waals surface area contributed by atoms with Crippen LogP contribution >= 0.6 is 0 Å². The summed E-state index contributed by atoms with van der Waals surface area (Å²) < 4.78 is 39.7. The normalized spacial score (nSPS) is 11.2. The van der Waals surface area contributed by atoms with Crippen LogP contribution in [0.3, 0.4) is 0 Å². The average Bonchev–Trinajstić information content (AvgIpc) is 3.12. The third kappa shape index (κ3) is 10.3. The number of hydrogen-bond acceptors (Lipinski definition) is 8. The topological polar surface area (TPSA) is 93.7 Å². The second kappa shape index (κ2) is 19.2. The third-order valence-electron chi connectivity index (χ3n) is 7.19. The van der Waals surface area contributed by atoms with Crippen LogP contribution in [0.4, 0.5) is 4.79 Å². The zero-order valence-electron chi connectivity index (χ0n) is 26.5. The lowest BCUT2D eigenvalue weighted by atomic mass is 9.80. The highest BCUT2D eigenvalue weighted by molar-refractivity contribution is 5.67. The van der Waals surface area contributed by atoms with Gasteiger partial charge in [-0.05, 0) is 46.5 Å². The van der Waals surface area contributed by atoms with E-state index >= 15 is 0 Å². The molecule has 1 N–H and O–H groups in total. The molecule has 46 heavy (non-hydrogen) atoms. The maximum atomic E-state index is 11.8. The molecule has 0 saturated carbocycles. The minimum absolute atomic E-state index is 0.231. The molecule has 0 aliphatic heterocycles. The number of carbonyl (C=O) groups is 1. The molecule has 0 aromatic heterocycles. The number of amides is 1. The van der Waals surface area contributed by atoms with Crippen molar-refractivity contribution in [2.75, 3.05) is 67.0 Å². The van der Waals surface area contributed by atoms with Gasteiger partial charge in [-0.1, -0.05) is 84.9 Å². The van der Waals surface area contributed by atoms with Gasteiger partial charge in [0.05, 0.1) is 60.5 Å². The maximum absolute atomic E-state index is 11.8. The van der Waals surface area contributed by atoms with E-state index in [1.165, 1.54) is 0 Å². The third-order valence-corrected chi connectivity index (χ3v) is 7.19. The van der Waals surface area contributed by atoms with E-state index in [0.29, 0.717) is 52.8 Å². The maximum Gasteiger partial charge on any atom is 0.407 e. The summed E-state index contributed by atoms with van der Waals surface area (Å²) in [5, 5.41) is 2.67. The van der Waals surface area contributed by atoms with Gasteiger partial charge in [-0.25, -0.2) is 4.79 Å². The fourth-order valence-corrected chi connectivity index (χ4v) is 4.87. The van der Waals surface area contributed by atoms with Gasteiger partial charge in [0.15, 0.2) is 0 Å². The first-order valence-corrected chi connectivity index (χ1v) is 15.3. The fraction of sp³-hybridized carbons (Fsp3) is 0.324. The van der Waals surface area contributed by atoms with E-state index in [9.17, 15) is 4.79 Å². The van der Waals surface area contributed by atoms with E-state index in [4.69, 9.17) is 33.2 Å². The molecular weight excluding hydrogens is 586 g/mol. The largest absolute Gasteiger partial charge is 0.497 e. The summed E-state index contributed by atoms with van der Waals surface area (Å²) in [6, 6.07) is 35.5. The predicted octanol–water partition coefficient (Wildman–Crippen LogP) is 5.99. The zero-order valence-corrected chi connectivity index (χ0v) is 26.5. The average molecular weight is 630 g/mol. The first-order valence-electron chi connectivity index (χ1n) is 15.3. The Balaban J connectivity index is 1.18. The van der Waals surface area contributed by atoms with Crippen molar-refractivity contribution in [3.8, 4) is 11.5 Å². The van der Waals surface area contributed by atoms with Crippen LogP contribution < -0.4 is 14.8 Å². The highest BCUT2D eigenvalue weighted by Gasteiger charge is 2.37. The van der Waals surface area contributed by atoms with Crippen LogP contribution in [0.5, 0.6) is 11.5 Å². The number of nitrogens with one attached hydrogen (secondary N) is 1. The Bertz CT molecular complexity index is 1350. The number of carbonyl (C=O) groups excluding carboxylic acids is 1. The van der Waals surface area contributed by atoms with E-state index in [0.717, 1.165) is 33.8 Å². The Morgan fingerprint density at radius 1 is 0.565 bits per heavy atom. The van der Waals surface area contributed by atoms with Gasteiger partial charge in [-0.15, -0.1) is 0 Å². The van der Waals surface area contributed by atoms with Crippen molar-refractivity contribution in [3.05, 3.63) is 131 Å². The first kappa shape index (κ1) is 34.5. The number of benzene rings is 4. The molecule has 0 heterocycles. The minimum atomic E-state index is -0.884. The van der Waals surface area contributed by atoms with Crippen LogP contribution in [0.1, 0.15) is 22.3 Å². The second-order valence-corrected chi connectivity index (χ2v) is 10.2. The highest BCUT2D eigenvalue weighted by atomic mass is 16.6. The Hall–Kier alpha value is -4.41. The summed E-state index contributed by atoms with van der Waals surface area (Å²) in [5.74, 6) is 1.54. The standard InChI is InChI=1S/C37H43NO8/c1-40-34-17-13-32(14-18-34)37(31-11-7-4-8-12-31,33-15-19-35(41-2)20-16-33)46-28-27-44-26-25-43-24-23-42-22-21-38-36(39)45-29-30-9-5-3-6-10-30/h3-20H,21-29H2,1-2H3,(H,38,39). The summed E-state index contributed by atoms with van der Waals surface area (Å²) in [6.07, 6.45) is -0.473. The van der Waals surface area contributed by atoms with Crippen molar-refractivity contribution < 1.29 is 38.0 Å². The Morgan fingerprint density at radius 3 is 1.54 bits per heavy atom. The molecule has 0 saturated heterocycles. The summed E-state index contributed by atoms with van der Waals surface area (Å²) in [5.41, 5.74) is 2.97. The van der Waals surface area contributed by atoms with E-state index in [-0.39, 0.29) is 6.61 Å². The Labute approximate surface area is 271 Å².